The number of aromatic nitrogens is 1. The quantitative estimate of drug-likeness (QED) is 0.662. The first-order valence-corrected chi connectivity index (χ1v) is 6.63. The van der Waals surface area contributed by atoms with Crippen LogP contribution in [0.25, 0.3) is 0 Å². The van der Waals surface area contributed by atoms with Crippen molar-refractivity contribution in [1.82, 2.24) is 4.98 Å². The Hall–Kier alpha value is -1.95. The van der Waals surface area contributed by atoms with Gasteiger partial charge in [-0.2, -0.15) is 0 Å². The molecule has 1 aromatic heterocycles. The average molecular weight is 338 g/mol. The predicted octanol–water partition coefficient (Wildman–Crippen LogP) is 3.68. The van der Waals surface area contributed by atoms with Crippen molar-refractivity contribution >= 4 is 21.8 Å². The molecule has 0 saturated heterocycles. The molecule has 2 rings (SSSR count). The lowest BCUT2D eigenvalue weighted by molar-refractivity contribution is 0.473. The second-order valence-electron chi connectivity index (χ2n) is 4.31. The molecule has 0 atom stereocenters. The Bertz CT molecular complexity index is 688. The first kappa shape index (κ1) is 14.5. The maximum absolute atomic E-state index is 13.5. The molecular formula is C14H13BrFN3O. The van der Waals surface area contributed by atoms with Gasteiger partial charge in [0.2, 0.25) is 0 Å². The Morgan fingerprint density at radius 1 is 1.35 bits per heavy atom. The van der Waals surface area contributed by atoms with Gasteiger partial charge in [0.05, 0.1) is 15.7 Å². The van der Waals surface area contributed by atoms with Gasteiger partial charge in [-0.3, -0.25) is 10.4 Å². The zero-order valence-corrected chi connectivity index (χ0v) is 12.6. The van der Waals surface area contributed by atoms with Gasteiger partial charge in [0.1, 0.15) is 23.2 Å². The van der Waals surface area contributed by atoms with Crippen LogP contribution in [0, 0.1) is 25.1 Å². The van der Waals surface area contributed by atoms with E-state index >= 15 is 0 Å². The number of nitrogens with two attached hydrogens (primary N) is 1. The van der Waals surface area contributed by atoms with Crippen LogP contribution in [-0.4, -0.2) is 10.8 Å². The SMILES string of the molecule is Cc1cc(Oc2ccc(Br)c(F)c2)c(C(=N)N)c(C)n1. The number of benzene rings is 1. The molecule has 1 heterocycles. The Kier molecular flexibility index (Phi) is 4.04. The van der Waals surface area contributed by atoms with E-state index in [9.17, 15) is 4.39 Å². The summed E-state index contributed by atoms with van der Waals surface area (Å²) in [6, 6.07) is 6.12. The minimum absolute atomic E-state index is 0.136. The fourth-order valence-electron chi connectivity index (χ4n) is 1.87. The molecule has 0 amide bonds. The van der Waals surface area contributed by atoms with Crippen LogP contribution in [0.3, 0.4) is 0 Å². The van der Waals surface area contributed by atoms with Gasteiger partial charge in [-0.15, -0.1) is 0 Å². The van der Waals surface area contributed by atoms with Crippen molar-refractivity contribution in [2.24, 2.45) is 5.73 Å². The molecule has 2 aromatic rings. The molecule has 0 saturated carbocycles. The van der Waals surface area contributed by atoms with Crippen LogP contribution in [0.4, 0.5) is 4.39 Å². The number of hydrogen-bond donors (Lipinski definition) is 2. The molecule has 1 aromatic carbocycles. The van der Waals surface area contributed by atoms with Crippen molar-refractivity contribution in [1.29, 1.82) is 5.41 Å². The van der Waals surface area contributed by atoms with E-state index in [1.54, 1.807) is 25.1 Å². The van der Waals surface area contributed by atoms with E-state index in [4.69, 9.17) is 15.9 Å². The van der Waals surface area contributed by atoms with Crippen LogP contribution in [-0.2, 0) is 0 Å². The van der Waals surface area contributed by atoms with Crippen LogP contribution >= 0.6 is 15.9 Å². The molecule has 3 N–H and O–H groups in total. The standard InChI is InChI=1S/C14H13BrFN3O/c1-7-5-12(13(14(17)18)8(2)19-7)20-9-3-4-10(15)11(16)6-9/h3-6H,1-2H3,(H3,17,18). The molecule has 0 spiro atoms. The monoisotopic (exact) mass is 337 g/mol. The lowest BCUT2D eigenvalue weighted by Crippen LogP contribution is -2.15. The topological polar surface area (TPSA) is 72.0 Å². The van der Waals surface area contributed by atoms with Crippen molar-refractivity contribution in [2.45, 2.75) is 13.8 Å². The van der Waals surface area contributed by atoms with E-state index in [0.29, 0.717) is 27.2 Å². The number of halogens is 2. The molecule has 0 aliphatic heterocycles. The van der Waals surface area contributed by atoms with Crippen LogP contribution < -0.4 is 10.5 Å². The second kappa shape index (κ2) is 5.58. The van der Waals surface area contributed by atoms with Crippen LogP contribution in [0.5, 0.6) is 11.5 Å². The van der Waals surface area contributed by atoms with Crippen molar-refractivity contribution in [3.8, 4) is 11.5 Å². The molecule has 0 aliphatic carbocycles. The van der Waals surface area contributed by atoms with Gasteiger partial charge in [-0.25, -0.2) is 4.39 Å². The van der Waals surface area contributed by atoms with E-state index in [2.05, 4.69) is 20.9 Å². The summed E-state index contributed by atoms with van der Waals surface area (Å²) < 4.78 is 19.5. The number of aryl methyl sites for hydroxylation is 2. The molecule has 0 bridgehead atoms. The third-order valence-electron chi connectivity index (χ3n) is 2.68. The third kappa shape index (κ3) is 2.96. The molecular weight excluding hydrogens is 325 g/mol. The number of amidine groups is 1. The minimum Gasteiger partial charge on any atom is -0.456 e. The highest BCUT2D eigenvalue weighted by Gasteiger charge is 2.14. The smallest absolute Gasteiger partial charge is 0.141 e. The van der Waals surface area contributed by atoms with Crippen LogP contribution in [0.2, 0.25) is 0 Å². The number of nitrogen functional groups attached to an aromatic ring is 1. The number of nitrogens with zero attached hydrogens (tertiary/aromatic N) is 1. The average Bonchev–Trinajstić information content (AvgIpc) is 2.32. The first-order valence-electron chi connectivity index (χ1n) is 5.84. The Balaban J connectivity index is 2.47. The number of pyridine rings is 1. The van der Waals surface area contributed by atoms with E-state index in [0.717, 1.165) is 5.69 Å². The third-order valence-corrected chi connectivity index (χ3v) is 3.32. The lowest BCUT2D eigenvalue weighted by Gasteiger charge is -2.13. The number of nitrogens with one attached hydrogen (secondary N) is 1. The van der Waals surface area contributed by atoms with E-state index in [1.165, 1.54) is 6.07 Å². The van der Waals surface area contributed by atoms with Crippen molar-refractivity contribution < 1.29 is 9.13 Å². The van der Waals surface area contributed by atoms with E-state index < -0.39 is 5.82 Å². The van der Waals surface area contributed by atoms with Crippen LogP contribution in [0.15, 0.2) is 28.7 Å². The highest BCUT2D eigenvalue weighted by molar-refractivity contribution is 9.10. The summed E-state index contributed by atoms with van der Waals surface area (Å²) in [5.74, 6) is 0.166. The van der Waals surface area contributed by atoms with Crippen molar-refractivity contribution in [2.75, 3.05) is 0 Å². The van der Waals surface area contributed by atoms with Gasteiger partial charge < -0.3 is 10.5 Å². The molecule has 0 aliphatic rings. The van der Waals surface area contributed by atoms with Gasteiger partial charge >= 0.3 is 0 Å². The zero-order chi connectivity index (χ0) is 14.9. The first-order chi connectivity index (χ1) is 9.38. The predicted molar refractivity (Wildman–Crippen MR) is 78.9 cm³/mol. The van der Waals surface area contributed by atoms with Gasteiger partial charge in [0.25, 0.3) is 0 Å². The summed E-state index contributed by atoms with van der Waals surface area (Å²) in [4.78, 5) is 4.25. The summed E-state index contributed by atoms with van der Waals surface area (Å²) in [5.41, 5.74) is 7.31. The molecule has 104 valence electrons. The minimum atomic E-state index is -0.422. The van der Waals surface area contributed by atoms with Gasteiger partial charge in [-0.1, -0.05) is 0 Å². The molecule has 4 nitrogen and oxygen atoms in total. The van der Waals surface area contributed by atoms with Gasteiger partial charge in [0, 0.05) is 17.8 Å². The number of hydrogen-bond acceptors (Lipinski definition) is 3. The highest BCUT2D eigenvalue weighted by Crippen LogP contribution is 2.29. The molecule has 0 radical (unpaired) electrons. The van der Waals surface area contributed by atoms with E-state index in [-0.39, 0.29) is 5.84 Å². The van der Waals surface area contributed by atoms with Crippen molar-refractivity contribution in [3.63, 3.8) is 0 Å². The highest BCUT2D eigenvalue weighted by atomic mass is 79.9. The Morgan fingerprint density at radius 3 is 2.65 bits per heavy atom. The van der Waals surface area contributed by atoms with E-state index in [1.807, 2.05) is 6.92 Å². The molecule has 0 unspecified atom stereocenters. The Labute approximate surface area is 124 Å². The molecule has 0 fully saturated rings. The zero-order valence-electron chi connectivity index (χ0n) is 11.0. The lowest BCUT2D eigenvalue weighted by atomic mass is 10.1. The number of rotatable bonds is 3. The normalized spacial score (nSPS) is 10.4. The maximum atomic E-state index is 13.5. The van der Waals surface area contributed by atoms with Gasteiger partial charge in [0.15, 0.2) is 0 Å². The van der Waals surface area contributed by atoms with Gasteiger partial charge in [-0.05, 0) is 41.9 Å². The summed E-state index contributed by atoms with van der Waals surface area (Å²) in [6.07, 6.45) is 0. The van der Waals surface area contributed by atoms with Crippen molar-refractivity contribution in [3.05, 3.63) is 51.5 Å². The fourth-order valence-corrected chi connectivity index (χ4v) is 2.11. The summed E-state index contributed by atoms with van der Waals surface area (Å²) in [7, 11) is 0. The van der Waals surface area contributed by atoms with Crippen LogP contribution in [0.1, 0.15) is 17.0 Å². The second-order valence-corrected chi connectivity index (χ2v) is 5.17. The Morgan fingerprint density at radius 2 is 2.05 bits per heavy atom. The fraction of sp³-hybridized carbons (Fsp3) is 0.143. The summed E-state index contributed by atoms with van der Waals surface area (Å²) >= 11 is 3.08. The summed E-state index contributed by atoms with van der Waals surface area (Å²) in [6.45, 7) is 3.56. The molecule has 20 heavy (non-hydrogen) atoms. The maximum Gasteiger partial charge on any atom is 0.141 e. The largest absolute Gasteiger partial charge is 0.456 e. The molecule has 6 heteroatoms. The summed E-state index contributed by atoms with van der Waals surface area (Å²) in [5, 5.41) is 7.61. The number of ether oxygens (including phenoxy) is 1.